The standard InChI is InChI=1S/C12H23N3O2.C2H6/c1-10-8-13-15(9-10)7-6-14(5)11(16)17-12(2,3)4;1-2/h9,13H,6-8H2,1-5H3;1-2H3. The third-order valence-corrected chi connectivity index (χ3v) is 2.32. The van der Waals surface area contributed by atoms with Crippen molar-refractivity contribution in [3.05, 3.63) is 11.8 Å². The number of likely N-dealkylation sites (N-methyl/N-ethyl adjacent to an activating group) is 1. The van der Waals surface area contributed by atoms with Crippen LogP contribution in [0.2, 0.25) is 0 Å². The van der Waals surface area contributed by atoms with Gasteiger partial charge in [0.15, 0.2) is 0 Å². The van der Waals surface area contributed by atoms with E-state index >= 15 is 0 Å². The van der Waals surface area contributed by atoms with Gasteiger partial charge in [0.05, 0.1) is 6.54 Å². The SMILES string of the molecule is CC.CC1=CN(CCN(C)C(=O)OC(C)(C)C)NC1. The molecule has 0 aliphatic carbocycles. The van der Waals surface area contributed by atoms with Gasteiger partial charge in [-0.2, -0.15) is 0 Å². The van der Waals surface area contributed by atoms with E-state index in [1.165, 1.54) is 5.57 Å². The first-order valence-corrected chi connectivity index (χ1v) is 6.89. The van der Waals surface area contributed by atoms with Gasteiger partial charge in [0.1, 0.15) is 5.60 Å². The highest BCUT2D eigenvalue weighted by Crippen LogP contribution is 2.09. The first-order chi connectivity index (χ1) is 8.78. The number of carbonyl (C=O) groups excluding carboxylic acids is 1. The van der Waals surface area contributed by atoms with Gasteiger partial charge in [-0.1, -0.05) is 13.8 Å². The van der Waals surface area contributed by atoms with Gasteiger partial charge in [-0.25, -0.2) is 10.2 Å². The zero-order valence-corrected chi connectivity index (χ0v) is 13.4. The third kappa shape index (κ3) is 7.72. The average molecular weight is 271 g/mol. The van der Waals surface area contributed by atoms with Gasteiger partial charge >= 0.3 is 6.09 Å². The number of hydrogen-bond donors (Lipinski definition) is 1. The molecule has 0 spiro atoms. The van der Waals surface area contributed by atoms with E-state index in [0.717, 1.165) is 13.1 Å². The Hall–Kier alpha value is -1.23. The lowest BCUT2D eigenvalue weighted by Gasteiger charge is -2.26. The second kappa shape index (κ2) is 8.04. The summed E-state index contributed by atoms with van der Waals surface area (Å²) in [6.07, 6.45) is 1.78. The van der Waals surface area contributed by atoms with Crippen LogP contribution in [0, 0.1) is 0 Å². The molecule has 112 valence electrons. The van der Waals surface area contributed by atoms with Crippen molar-refractivity contribution in [2.45, 2.75) is 47.1 Å². The molecular weight excluding hydrogens is 242 g/mol. The van der Waals surface area contributed by atoms with Gasteiger partial charge in [0.2, 0.25) is 0 Å². The minimum Gasteiger partial charge on any atom is -0.444 e. The number of hydrogen-bond acceptors (Lipinski definition) is 4. The number of nitrogens with zero attached hydrogens (tertiary/aromatic N) is 2. The molecule has 0 aromatic carbocycles. The molecule has 19 heavy (non-hydrogen) atoms. The van der Waals surface area contributed by atoms with Crippen LogP contribution < -0.4 is 5.43 Å². The van der Waals surface area contributed by atoms with Crippen molar-refractivity contribution in [3.63, 3.8) is 0 Å². The minimum absolute atomic E-state index is 0.280. The normalized spacial score (nSPS) is 14.5. The van der Waals surface area contributed by atoms with Gasteiger partial charge in [0.25, 0.3) is 0 Å². The largest absolute Gasteiger partial charge is 0.444 e. The molecular formula is C14H29N3O2. The van der Waals surface area contributed by atoms with Crippen LogP contribution in [0.3, 0.4) is 0 Å². The second-order valence-electron chi connectivity index (χ2n) is 5.41. The van der Waals surface area contributed by atoms with Crippen LogP contribution in [0.4, 0.5) is 4.79 Å². The fourth-order valence-corrected chi connectivity index (χ4v) is 1.42. The van der Waals surface area contributed by atoms with Crippen LogP contribution in [0.15, 0.2) is 11.8 Å². The number of ether oxygens (including phenoxy) is 1. The molecule has 1 rings (SSSR count). The summed E-state index contributed by atoms with van der Waals surface area (Å²) in [6.45, 7) is 14.0. The van der Waals surface area contributed by atoms with Crippen molar-refractivity contribution >= 4 is 6.09 Å². The van der Waals surface area contributed by atoms with Gasteiger partial charge < -0.3 is 14.6 Å². The van der Waals surface area contributed by atoms with Crippen LogP contribution in [-0.2, 0) is 4.74 Å². The van der Waals surface area contributed by atoms with Crippen molar-refractivity contribution in [2.75, 3.05) is 26.7 Å². The topological polar surface area (TPSA) is 44.8 Å². The Morgan fingerprint density at radius 3 is 2.47 bits per heavy atom. The van der Waals surface area contributed by atoms with E-state index in [1.807, 2.05) is 39.6 Å². The monoisotopic (exact) mass is 271 g/mol. The molecule has 0 saturated carbocycles. The number of nitrogens with one attached hydrogen (secondary N) is 1. The van der Waals surface area contributed by atoms with Crippen LogP contribution in [0.25, 0.3) is 0 Å². The fraction of sp³-hybridized carbons (Fsp3) is 0.786. The highest BCUT2D eigenvalue weighted by Gasteiger charge is 2.20. The molecule has 1 amide bonds. The van der Waals surface area contributed by atoms with Crippen molar-refractivity contribution in [1.82, 2.24) is 15.3 Å². The Bertz CT molecular complexity index is 308. The molecule has 1 aliphatic rings. The summed E-state index contributed by atoms with van der Waals surface area (Å²) in [6, 6.07) is 0. The number of carbonyl (C=O) groups is 1. The van der Waals surface area contributed by atoms with Gasteiger partial charge in [-0.05, 0) is 33.3 Å². The Kier molecular flexibility index (Phi) is 7.52. The summed E-state index contributed by atoms with van der Waals surface area (Å²) in [4.78, 5) is 13.3. The lowest BCUT2D eigenvalue weighted by molar-refractivity contribution is 0.0285. The molecule has 0 unspecified atom stereocenters. The van der Waals surface area contributed by atoms with E-state index in [0.29, 0.717) is 6.54 Å². The van der Waals surface area contributed by atoms with E-state index in [2.05, 4.69) is 18.5 Å². The molecule has 0 saturated heterocycles. The molecule has 0 atom stereocenters. The van der Waals surface area contributed by atoms with E-state index < -0.39 is 5.60 Å². The van der Waals surface area contributed by atoms with E-state index in [-0.39, 0.29) is 6.09 Å². The molecule has 0 bridgehead atoms. The quantitative estimate of drug-likeness (QED) is 0.857. The first-order valence-electron chi connectivity index (χ1n) is 6.89. The van der Waals surface area contributed by atoms with Crippen LogP contribution >= 0.6 is 0 Å². The molecule has 1 aliphatic heterocycles. The van der Waals surface area contributed by atoms with Gasteiger partial charge in [-0.15, -0.1) is 0 Å². The summed E-state index contributed by atoms with van der Waals surface area (Å²) >= 11 is 0. The van der Waals surface area contributed by atoms with Crippen LogP contribution in [-0.4, -0.2) is 48.3 Å². The Labute approximate surface area is 117 Å². The maximum Gasteiger partial charge on any atom is 0.410 e. The molecule has 0 fully saturated rings. The average Bonchev–Trinajstić information content (AvgIpc) is 2.72. The van der Waals surface area contributed by atoms with E-state index in [1.54, 1.807) is 11.9 Å². The second-order valence-corrected chi connectivity index (χ2v) is 5.41. The predicted molar refractivity (Wildman–Crippen MR) is 78.7 cm³/mol. The maximum absolute atomic E-state index is 11.7. The number of hydrazine groups is 1. The predicted octanol–water partition coefficient (Wildman–Crippen LogP) is 2.60. The molecule has 1 heterocycles. The molecule has 5 nitrogen and oxygen atoms in total. The Morgan fingerprint density at radius 2 is 2.05 bits per heavy atom. The van der Waals surface area contributed by atoms with E-state index in [4.69, 9.17) is 4.74 Å². The number of rotatable bonds is 3. The molecule has 5 heteroatoms. The first kappa shape index (κ1) is 17.8. The van der Waals surface area contributed by atoms with Gasteiger partial charge in [0, 0.05) is 26.3 Å². The van der Waals surface area contributed by atoms with Crippen molar-refractivity contribution < 1.29 is 9.53 Å². The van der Waals surface area contributed by atoms with Crippen molar-refractivity contribution in [1.29, 1.82) is 0 Å². The fourth-order valence-electron chi connectivity index (χ4n) is 1.42. The summed E-state index contributed by atoms with van der Waals surface area (Å²) < 4.78 is 5.27. The van der Waals surface area contributed by atoms with Crippen LogP contribution in [0.1, 0.15) is 41.5 Å². The zero-order valence-electron chi connectivity index (χ0n) is 13.4. The lowest BCUT2D eigenvalue weighted by Crippen LogP contribution is -2.40. The minimum atomic E-state index is -0.437. The van der Waals surface area contributed by atoms with Gasteiger partial charge in [-0.3, -0.25) is 0 Å². The van der Waals surface area contributed by atoms with E-state index in [9.17, 15) is 4.79 Å². The van der Waals surface area contributed by atoms with Crippen molar-refractivity contribution in [2.24, 2.45) is 0 Å². The molecule has 1 N–H and O–H groups in total. The highest BCUT2D eigenvalue weighted by atomic mass is 16.6. The van der Waals surface area contributed by atoms with Crippen LogP contribution in [0.5, 0.6) is 0 Å². The smallest absolute Gasteiger partial charge is 0.410 e. The summed E-state index contributed by atoms with van der Waals surface area (Å²) in [7, 11) is 1.75. The Balaban J connectivity index is 0.00000154. The number of amides is 1. The molecule has 0 aromatic heterocycles. The Morgan fingerprint density at radius 1 is 1.47 bits per heavy atom. The lowest BCUT2D eigenvalue weighted by atomic mass is 10.2. The maximum atomic E-state index is 11.7. The molecule has 0 aromatic rings. The zero-order chi connectivity index (χ0) is 15.1. The third-order valence-electron chi connectivity index (χ3n) is 2.32. The molecule has 0 radical (unpaired) electrons. The summed E-state index contributed by atoms with van der Waals surface area (Å²) in [5.74, 6) is 0. The summed E-state index contributed by atoms with van der Waals surface area (Å²) in [5.41, 5.74) is 4.07. The van der Waals surface area contributed by atoms with Crippen molar-refractivity contribution in [3.8, 4) is 0 Å². The highest BCUT2D eigenvalue weighted by molar-refractivity contribution is 5.67. The summed E-state index contributed by atoms with van der Waals surface area (Å²) in [5, 5.41) is 2.00.